The van der Waals surface area contributed by atoms with Crippen LogP contribution in [0.2, 0.25) is 5.02 Å². The van der Waals surface area contributed by atoms with Crippen molar-refractivity contribution in [3.63, 3.8) is 0 Å². The Kier molecular flexibility index (Phi) is 8.80. The van der Waals surface area contributed by atoms with Crippen molar-refractivity contribution >= 4 is 46.9 Å². The Morgan fingerprint density at radius 3 is 2.40 bits per heavy atom. The Morgan fingerprint density at radius 1 is 1.06 bits per heavy atom. The van der Waals surface area contributed by atoms with E-state index < -0.39 is 5.54 Å². The summed E-state index contributed by atoms with van der Waals surface area (Å²) in [6, 6.07) is 8.96. The van der Waals surface area contributed by atoms with Crippen LogP contribution in [-0.4, -0.2) is 69.1 Å². The Labute approximate surface area is 218 Å². The zero-order valence-corrected chi connectivity index (χ0v) is 21.9. The zero-order valence-electron chi connectivity index (χ0n) is 19.5. The smallest absolute Gasteiger partial charge is 0.251 e. The summed E-state index contributed by atoms with van der Waals surface area (Å²) in [5.74, 6) is 0.390. The van der Waals surface area contributed by atoms with Crippen molar-refractivity contribution in [2.75, 3.05) is 31.9 Å². The maximum Gasteiger partial charge on any atom is 0.251 e. The number of amides is 2. The van der Waals surface area contributed by atoms with Crippen molar-refractivity contribution in [3.05, 3.63) is 51.4 Å². The van der Waals surface area contributed by atoms with Gasteiger partial charge in [-0.3, -0.25) is 19.3 Å². The fourth-order valence-electron chi connectivity index (χ4n) is 4.70. The number of nitrogens with one attached hydrogen (secondary N) is 1. The Morgan fingerprint density at radius 2 is 1.74 bits per heavy atom. The second-order valence-electron chi connectivity index (χ2n) is 8.90. The fourth-order valence-corrected chi connectivity index (χ4v) is 6.42. The molecule has 35 heavy (non-hydrogen) atoms. The number of carbonyl (C=O) groups excluding carboxylic acids is 2. The lowest BCUT2D eigenvalue weighted by molar-refractivity contribution is -0.140. The van der Waals surface area contributed by atoms with E-state index in [0.29, 0.717) is 47.6 Å². The van der Waals surface area contributed by atoms with Gasteiger partial charge in [-0.15, -0.1) is 11.8 Å². The average Bonchev–Trinajstić information content (AvgIpc) is 2.87. The van der Waals surface area contributed by atoms with Gasteiger partial charge in [-0.1, -0.05) is 29.8 Å². The van der Waals surface area contributed by atoms with Gasteiger partial charge >= 0.3 is 0 Å². The van der Waals surface area contributed by atoms with E-state index >= 15 is 0 Å². The van der Waals surface area contributed by atoms with E-state index in [1.54, 1.807) is 16.7 Å². The number of nitrogens with zero attached hydrogens (tertiary/aromatic N) is 3. The summed E-state index contributed by atoms with van der Waals surface area (Å²) in [5, 5.41) is 1.10. The lowest BCUT2D eigenvalue weighted by atomic mass is 9.83. The first-order chi connectivity index (χ1) is 16.9. The number of halogens is 1. The molecule has 2 aromatic rings. The standard InChI is InChI=1S/C24H30ClN5O3S2/c25-17-4-6-19(7-5-17)34-15-18-14-20(31)28-23(27-18)35-16-21(32)29-12-8-24(9-13-29,22(26)33)30-10-2-1-3-11-30/h4-7,14H,1-3,8-13,15-16H2,(H2,26,33)(H,27,28,31). The highest BCUT2D eigenvalue weighted by Gasteiger charge is 2.45. The Hall–Kier alpha value is -2.01. The number of H-pyrrole nitrogens is 1. The first-order valence-corrected chi connectivity index (χ1v) is 14.1. The summed E-state index contributed by atoms with van der Waals surface area (Å²) in [6.45, 7) is 2.78. The molecule has 3 N–H and O–H groups in total. The van der Waals surface area contributed by atoms with E-state index in [4.69, 9.17) is 17.3 Å². The number of rotatable bonds is 8. The van der Waals surface area contributed by atoms with E-state index in [9.17, 15) is 14.4 Å². The van der Waals surface area contributed by atoms with Gasteiger partial charge in [0.15, 0.2) is 5.16 Å². The predicted octanol–water partition coefficient (Wildman–Crippen LogP) is 3.14. The number of primary amides is 1. The number of thioether (sulfide) groups is 2. The highest BCUT2D eigenvalue weighted by Crippen LogP contribution is 2.32. The molecule has 4 rings (SSSR count). The van der Waals surface area contributed by atoms with Gasteiger partial charge in [-0.25, -0.2) is 4.98 Å². The van der Waals surface area contributed by atoms with Crippen molar-refractivity contribution in [1.82, 2.24) is 19.8 Å². The molecule has 3 heterocycles. The maximum atomic E-state index is 12.9. The molecular formula is C24H30ClN5O3S2. The van der Waals surface area contributed by atoms with Gasteiger partial charge in [0, 0.05) is 34.8 Å². The van der Waals surface area contributed by atoms with Gasteiger partial charge in [0.05, 0.1) is 11.4 Å². The van der Waals surface area contributed by atoms with Gasteiger partial charge in [-0.2, -0.15) is 0 Å². The number of piperidine rings is 2. The molecule has 1 aromatic carbocycles. The monoisotopic (exact) mass is 535 g/mol. The Bertz CT molecular complexity index is 1100. The zero-order chi connectivity index (χ0) is 24.8. The van der Waals surface area contributed by atoms with Crippen LogP contribution in [0.4, 0.5) is 0 Å². The van der Waals surface area contributed by atoms with Gasteiger partial charge in [0.1, 0.15) is 5.54 Å². The van der Waals surface area contributed by atoms with Crippen molar-refractivity contribution in [2.24, 2.45) is 5.73 Å². The number of benzene rings is 1. The summed E-state index contributed by atoms with van der Waals surface area (Å²) >= 11 is 8.71. The molecule has 0 spiro atoms. The van der Waals surface area contributed by atoms with E-state index in [2.05, 4.69) is 14.9 Å². The van der Waals surface area contributed by atoms with E-state index in [1.165, 1.54) is 24.2 Å². The molecule has 0 saturated carbocycles. The first-order valence-electron chi connectivity index (χ1n) is 11.8. The average molecular weight is 536 g/mol. The normalized spacial score (nSPS) is 18.4. The highest BCUT2D eigenvalue weighted by molar-refractivity contribution is 7.99. The third-order valence-corrected chi connectivity index (χ3v) is 8.82. The number of aromatic nitrogens is 2. The molecule has 0 bridgehead atoms. The molecule has 188 valence electrons. The fraction of sp³-hybridized carbons (Fsp3) is 0.500. The number of hydrogen-bond donors (Lipinski definition) is 2. The van der Waals surface area contributed by atoms with Crippen LogP contribution in [0.25, 0.3) is 0 Å². The largest absolute Gasteiger partial charge is 0.368 e. The topological polar surface area (TPSA) is 112 Å². The van der Waals surface area contributed by atoms with Gasteiger partial charge in [0.2, 0.25) is 11.8 Å². The molecule has 2 aliphatic heterocycles. The van der Waals surface area contributed by atoms with Crippen molar-refractivity contribution in [3.8, 4) is 0 Å². The van der Waals surface area contributed by atoms with Crippen LogP contribution in [0.1, 0.15) is 37.8 Å². The quantitative estimate of drug-likeness (QED) is 0.394. The molecule has 2 fully saturated rings. The second kappa shape index (κ2) is 11.8. The molecule has 2 aliphatic rings. The van der Waals surface area contributed by atoms with Gasteiger partial charge < -0.3 is 15.6 Å². The number of nitrogens with two attached hydrogens (primary N) is 1. The van der Waals surface area contributed by atoms with E-state index in [1.807, 2.05) is 24.3 Å². The minimum absolute atomic E-state index is 0.0321. The lowest BCUT2D eigenvalue weighted by Gasteiger charge is -2.48. The third-order valence-electron chi connectivity index (χ3n) is 6.67. The van der Waals surface area contributed by atoms with Crippen LogP contribution in [0, 0.1) is 0 Å². The summed E-state index contributed by atoms with van der Waals surface area (Å²) in [5.41, 5.74) is 5.61. The lowest BCUT2D eigenvalue weighted by Crippen LogP contribution is -2.63. The molecule has 11 heteroatoms. The van der Waals surface area contributed by atoms with Crippen LogP contribution >= 0.6 is 35.1 Å². The SMILES string of the molecule is NC(=O)C1(N2CCCCC2)CCN(C(=O)CSc2nc(CSc3ccc(Cl)cc3)cc(=O)[nH]2)CC1. The molecule has 1 aromatic heterocycles. The van der Waals surface area contributed by atoms with Crippen molar-refractivity contribution < 1.29 is 9.59 Å². The summed E-state index contributed by atoms with van der Waals surface area (Å²) in [4.78, 5) is 49.7. The highest BCUT2D eigenvalue weighted by atomic mass is 35.5. The predicted molar refractivity (Wildman–Crippen MR) is 140 cm³/mol. The van der Waals surface area contributed by atoms with Gasteiger partial charge in [0.25, 0.3) is 5.56 Å². The minimum atomic E-state index is -0.646. The summed E-state index contributed by atoms with van der Waals surface area (Å²) < 4.78 is 0. The molecule has 0 aliphatic carbocycles. The van der Waals surface area contributed by atoms with Crippen molar-refractivity contribution in [2.45, 2.75) is 53.4 Å². The first kappa shape index (κ1) is 26.1. The summed E-state index contributed by atoms with van der Waals surface area (Å²) in [7, 11) is 0. The second-order valence-corrected chi connectivity index (χ2v) is 11.3. The molecule has 0 unspecified atom stereocenters. The van der Waals surface area contributed by atoms with Crippen LogP contribution in [0.3, 0.4) is 0 Å². The summed E-state index contributed by atoms with van der Waals surface area (Å²) in [6.07, 6.45) is 4.47. The molecule has 0 atom stereocenters. The van der Waals surface area contributed by atoms with Crippen LogP contribution in [-0.2, 0) is 15.3 Å². The van der Waals surface area contributed by atoms with E-state index in [0.717, 1.165) is 30.8 Å². The minimum Gasteiger partial charge on any atom is -0.368 e. The van der Waals surface area contributed by atoms with Crippen LogP contribution in [0.15, 0.2) is 45.2 Å². The Balaban J connectivity index is 1.31. The maximum absolute atomic E-state index is 12.9. The number of hydrogen-bond acceptors (Lipinski definition) is 7. The molecule has 2 amide bonds. The molecule has 0 radical (unpaired) electrons. The number of likely N-dealkylation sites (tertiary alicyclic amines) is 2. The number of carbonyl (C=O) groups is 2. The van der Waals surface area contributed by atoms with Crippen LogP contribution in [0.5, 0.6) is 0 Å². The third kappa shape index (κ3) is 6.61. The van der Waals surface area contributed by atoms with Gasteiger partial charge in [-0.05, 0) is 63.0 Å². The number of aromatic amines is 1. The molecular weight excluding hydrogens is 506 g/mol. The van der Waals surface area contributed by atoms with Crippen molar-refractivity contribution in [1.29, 1.82) is 0 Å². The molecule has 2 saturated heterocycles. The van der Waals surface area contributed by atoms with E-state index in [-0.39, 0.29) is 23.1 Å². The van der Waals surface area contributed by atoms with Crippen LogP contribution < -0.4 is 11.3 Å². The molecule has 8 nitrogen and oxygen atoms in total.